The molecule has 0 aromatic heterocycles. The van der Waals surface area contributed by atoms with E-state index in [1.165, 1.54) is 12.1 Å². The Balaban J connectivity index is 2.92. The van der Waals surface area contributed by atoms with E-state index in [2.05, 4.69) is 0 Å². The molecule has 1 aromatic carbocycles. The molecule has 0 aliphatic heterocycles. The fraction of sp³-hybridized carbons (Fsp3) is 0.125. The molecule has 0 saturated heterocycles. The highest BCUT2D eigenvalue weighted by Gasteiger charge is 2.33. The van der Waals surface area contributed by atoms with Crippen molar-refractivity contribution >= 4 is 40.1 Å². The molecule has 82 valence electrons. The largest absolute Gasteiger partial charge is 0.449 e. The van der Waals surface area contributed by atoms with E-state index in [9.17, 15) is 18.0 Å². The molecule has 0 bridgehead atoms. The zero-order valence-corrected chi connectivity index (χ0v) is 9.27. The van der Waals surface area contributed by atoms with Crippen LogP contribution in [0.5, 0.6) is 0 Å². The van der Waals surface area contributed by atoms with E-state index in [0.29, 0.717) is 0 Å². The van der Waals surface area contributed by atoms with Crippen LogP contribution in [-0.2, 0) is 0 Å². The summed E-state index contributed by atoms with van der Waals surface area (Å²) in [5, 5.41) is -0.984. The molecule has 0 N–H and O–H groups in total. The normalized spacial score (nSPS) is 11.5. The highest BCUT2D eigenvalue weighted by Crippen LogP contribution is 2.35. The van der Waals surface area contributed by atoms with Gasteiger partial charge in [-0.25, -0.2) is 0 Å². The number of halogens is 5. The number of benzene rings is 1. The van der Waals surface area contributed by atoms with Crippen LogP contribution in [0.3, 0.4) is 0 Å². The molecule has 0 aliphatic rings. The zero-order chi connectivity index (χ0) is 11.6. The second kappa shape index (κ2) is 4.63. The van der Waals surface area contributed by atoms with Crippen LogP contribution in [-0.4, -0.2) is 10.6 Å². The highest BCUT2D eigenvalue weighted by molar-refractivity contribution is 8.14. The lowest BCUT2D eigenvalue weighted by Gasteiger charge is -2.05. The molecule has 0 amide bonds. The minimum atomic E-state index is -4.61. The van der Waals surface area contributed by atoms with Crippen LogP contribution in [0, 0.1) is 0 Å². The highest BCUT2D eigenvalue weighted by atomic mass is 35.5. The Kier molecular flexibility index (Phi) is 3.92. The Morgan fingerprint density at radius 2 is 1.87 bits per heavy atom. The van der Waals surface area contributed by atoms with Crippen molar-refractivity contribution < 1.29 is 18.0 Å². The molecular formula is C8H3Cl2F3OS. The van der Waals surface area contributed by atoms with Crippen LogP contribution >= 0.6 is 35.0 Å². The third-order valence-corrected chi connectivity index (χ3v) is 2.54. The van der Waals surface area contributed by atoms with Gasteiger partial charge in [0, 0.05) is 22.3 Å². The first-order chi connectivity index (χ1) is 6.79. The van der Waals surface area contributed by atoms with Crippen molar-refractivity contribution in [3.63, 3.8) is 0 Å². The molecule has 7 heteroatoms. The van der Waals surface area contributed by atoms with Gasteiger partial charge in [0.15, 0.2) is 0 Å². The fourth-order valence-corrected chi connectivity index (χ4v) is 1.86. The minimum Gasteiger partial charge on any atom is -0.281 e. The molecular weight excluding hydrogens is 272 g/mol. The summed E-state index contributed by atoms with van der Waals surface area (Å²) in [5.41, 5.74) is -4.82. The molecule has 1 nitrogen and oxygen atoms in total. The standard InChI is InChI=1S/C8H3Cl2F3OS/c9-4-1-2-5(6(10)3-4)7(14)15-8(11,12)13/h1-3H. The fourth-order valence-electron chi connectivity index (χ4n) is 0.815. The molecule has 15 heavy (non-hydrogen) atoms. The monoisotopic (exact) mass is 274 g/mol. The van der Waals surface area contributed by atoms with Gasteiger partial charge in [-0.05, 0) is 18.2 Å². The lowest BCUT2D eigenvalue weighted by molar-refractivity contribution is -0.0322. The average Bonchev–Trinajstić information content (AvgIpc) is 1.99. The van der Waals surface area contributed by atoms with Crippen molar-refractivity contribution in [2.75, 3.05) is 0 Å². The Hall–Kier alpha value is -0.390. The smallest absolute Gasteiger partial charge is 0.281 e. The van der Waals surface area contributed by atoms with E-state index < -0.39 is 22.4 Å². The maximum absolute atomic E-state index is 11.9. The number of carbonyl (C=O) groups is 1. The molecule has 0 heterocycles. The van der Waals surface area contributed by atoms with E-state index in [4.69, 9.17) is 23.2 Å². The predicted molar refractivity (Wildman–Crippen MR) is 54.4 cm³/mol. The second-order valence-electron chi connectivity index (χ2n) is 2.46. The minimum absolute atomic E-state index is 0.0933. The molecule has 1 aromatic rings. The summed E-state index contributed by atoms with van der Waals surface area (Å²) < 4.78 is 35.6. The van der Waals surface area contributed by atoms with Crippen molar-refractivity contribution in [2.24, 2.45) is 0 Å². The lowest BCUT2D eigenvalue weighted by Crippen LogP contribution is -2.07. The van der Waals surface area contributed by atoms with Crippen LogP contribution in [0.1, 0.15) is 10.4 Å². The van der Waals surface area contributed by atoms with Crippen molar-refractivity contribution in [2.45, 2.75) is 5.51 Å². The molecule has 0 fully saturated rings. The maximum atomic E-state index is 11.9. The Morgan fingerprint density at radius 1 is 1.27 bits per heavy atom. The molecule has 1 rings (SSSR count). The number of hydrogen-bond acceptors (Lipinski definition) is 2. The molecule has 0 atom stereocenters. The predicted octanol–water partition coefficient (Wildman–Crippen LogP) is 4.39. The molecule has 0 radical (unpaired) electrons. The summed E-state index contributed by atoms with van der Waals surface area (Å²) in [7, 11) is 0. The third kappa shape index (κ3) is 3.93. The van der Waals surface area contributed by atoms with Crippen LogP contribution in [0.4, 0.5) is 13.2 Å². The van der Waals surface area contributed by atoms with Crippen molar-refractivity contribution in [3.8, 4) is 0 Å². The van der Waals surface area contributed by atoms with Gasteiger partial charge in [0.1, 0.15) is 0 Å². The van der Waals surface area contributed by atoms with Gasteiger partial charge in [0.25, 0.3) is 0 Å². The van der Waals surface area contributed by atoms with Gasteiger partial charge in [-0.1, -0.05) is 23.2 Å². The van der Waals surface area contributed by atoms with E-state index in [0.717, 1.165) is 6.07 Å². The van der Waals surface area contributed by atoms with Crippen molar-refractivity contribution in [3.05, 3.63) is 33.8 Å². The number of carbonyl (C=O) groups excluding carboxylic acids is 1. The van der Waals surface area contributed by atoms with Gasteiger partial charge >= 0.3 is 5.51 Å². The van der Waals surface area contributed by atoms with Gasteiger partial charge in [-0.15, -0.1) is 0 Å². The topological polar surface area (TPSA) is 17.1 Å². The lowest BCUT2D eigenvalue weighted by atomic mass is 10.2. The molecule has 0 unspecified atom stereocenters. The Bertz CT molecular complexity index is 392. The van der Waals surface area contributed by atoms with Crippen molar-refractivity contribution in [1.82, 2.24) is 0 Å². The number of thioether (sulfide) groups is 1. The summed E-state index contributed by atoms with van der Waals surface area (Å²) in [6.07, 6.45) is 0. The molecule has 0 aliphatic carbocycles. The third-order valence-electron chi connectivity index (χ3n) is 1.36. The van der Waals surface area contributed by atoms with E-state index in [-0.39, 0.29) is 15.6 Å². The van der Waals surface area contributed by atoms with Gasteiger partial charge < -0.3 is 0 Å². The molecule has 0 spiro atoms. The van der Waals surface area contributed by atoms with Crippen LogP contribution in [0.2, 0.25) is 10.0 Å². The van der Waals surface area contributed by atoms with E-state index >= 15 is 0 Å². The first kappa shape index (κ1) is 12.7. The number of hydrogen-bond donors (Lipinski definition) is 0. The first-order valence-electron chi connectivity index (χ1n) is 3.55. The van der Waals surface area contributed by atoms with Gasteiger partial charge in [0.2, 0.25) is 5.12 Å². The van der Waals surface area contributed by atoms with Gasteiger partial charge in [0.05, 0.1) is 5.02 Å². The summed E-state index contributed by atoms with van der Waals surface area (Å²) in [6, 6.07) is 3.68. The summed E-state index contributed by atoms with van der Waals surface area (Å²) >= 11 is 10.4. The first-order valence-corrected chi connectivity index (χ1v) is 5.12. The van der Waals surface area contributed by atoms with Crippen LogP contribution < -0.4 is 0 Å². The number of alkyl halides is 3. The van der Waals surface area contributed by atoms with E-state index in [1.54, 1.807) is 0 Å². The SMILES string of the molecule is O=C(SC(F)(F)F)c1ccc(Cl)cc1Cl. The van der Waals surface area contributed by atoms with Gasteiger partial charge in [-0.2, -0.15) is 13.2 Å². The quantitative estimate of drug-likeness (QED) is 0.756. The second-order valence-corrected chi connectivity index (χ2v) is 4.34. The summed E-state index contributed by atoms with van der Waals surface area (Å²) in [6.45, 7) is 0. The Labute approximate surface area is 97.5 Å². The summed E-state index contributed by atoms with van der Waals surface area (Å²) in [5.74, 6) is 0. The summed E-state index contributed by atoms with van der Waals surface area (Å²) in [4.78, 5) is 11.1. The molecule has 0 saturated carbocycles. The van der Waals surface area contributed by atoms with Crippen molar-refractivity contribution in [1.29, 1.82) is 0 Å². The van der Waals surface area contributed by atoms with Crippen LogP contribution in [0.25, 0.3) is 0 Å². The van der Waals surface area contributed by atoms with Crippen LogP contribution in [0.15, 0.2) is 18.2 Å². The van der Waals surface area contributed by atoms with E-state index in [1.807, 2.05) is 0 Å². The maximum Gasteiger partial charge on any atom is 0.449 e. The Morgan fingerprint density at radius 3 is 2.33 bits per heavy atom. The van der Waals surface area contributed by atoms with Gasteiger partial charge in [-0.3, -0.25) is 4.79 Å². The number of rotatable bonds is 1. The zero-order valence-electron chi connectivity index (χ0n) is 6.94. The average molecular weight is 275 g/mol.